The summed E-state index contributed by atoms with van der Waals surface area (Å²) in [6, 6.07) is 4.95. The van der Waals surface area contributed by atoms with E-state index in [-0.39, 0.29) is 12.7 Å². The largest absolute Gasteiger partial charge is 0.454 e. The Morgan fingerprint density at radius 1 is 1.33 bits per heavy atom. The molecule has 7 nitrogen and oxygen atoms in total. The van der Waals surface area contributed by atoms with E-state index in [0.717, 1.165) is 5.56 Å². The van der Waals surface area contributed by atoms with E-state index in [0.29, 0.717) is 28.5 Å². The van der Waals surface area contributed by atoms with Gasteiger partial charge in [0.2, 0.25) is 6.79 Å². The molecule has 1 aliphatic heterocycles. The Kier molecular flexibility index (Phi) is 3.31. The molecule has 0 spiro atoms. The van der Waals surface area contributed by atoms with Crippen LogP contribution in [0.5, 0.6) is 11.5 Å². The molecule has 3 rings (SSSR count). The lowest BCUT2D eigenvalue weighted by molar-refractivity contribution is 0.0954. The second-order valence-corrected chi connectivity index (χ2v) is 4.51. The number of fused-ring (bicyclic) bond motifs is 1. The van der Waals surface area contributed by atoms with E-state index in [1.54, 1.807) is 32.0 Å². The number of hydrogen-bond acceptors (Lipinski definition) is 6. The maximum absolute atomic E-state index is 12.0. The SMILES string of the molecule is Cc1noc(C)c1C=NNC(=O)c1ccc2c(c1)OCO2. The number of carbonyl (C=O) groups is 1. The van der Waals surface area contributed by atoms with Crippen LogP contribution in [0.25, 0.3) is 0 Å². The summed E-state index contributed by atoms with van der Waals surface area (Å²) >= 11 is 0. The van der Waals surface area contributed by atoms with Crippen LogP contribution in [0.2, 0.25) is 0 Å². The molecule has 0 aliphatic carbocycles. The van der Waals surface area contributed by atoms with Crippen molar-refractivity contribution in [1.82, 2.24) is 10.6 Å². The predicted molar refractivity (Wildman–Crippen MR) is 73.6 cm³/mol. The number of aromatic nitrogens is 1. The smallest absolute Gasteiger partial charge is 0.271 e. The second kappa shape index (κ2) is 5.28. The van der Waals surface area contributed by atoms with Gasteiger partial charge in [-0.15, -0.1) is 0 Å². The molecule has 21 heavy (non-hydrogen) atoms. The highest BCUT2D eigenvalue weighted by atomic mass is 16.7. The zero-order chi connectivity index (χ0) is 14.8. The van der Waals surface area contributed by atoms with Gasteiger partial charge in [-0.2, -0.15) is 5.10 Å². The standard InChI is InChI=1S/C14H13N3O4/c1-8-11(9(2)21-17-8)6-15-16-14(18)10-3-4-12-13(5-10)20-7-19-12/h3-6H,7H2,1-2H3,(H,16,18). The highest BCUT2D eigenvalue weighted by molar-refractivity contribution is 5.95. The molecule has 0 saturated carbocycles. The maximum Gasteiger partial charge on any atom is 0.271 e. The third-order valence-corrected chi connectivity index (χ3v) is 3.08. The van der Waals surface area contributed by atoms with Gasteiger partial charge in [-0.25, -0.2) is 5.43 Å². The van der Waals surface area contributed by atoms with Crippen molar-refractivity contribution in [3.05, 3.63) is 40.8 Å². The van der Waals surface area contributed by atoms with Crippen LogP contribution in [0.15, 0.2) is 27.8 Å². The summed E-state index contributed by atoms with van der Waals surface area (Å²) in [7, 11) is 0. The quantitative estimate of drug-likeness (QED) is 0.687. The minimum Gasteiger partial charge on any atom is -0.454 e. The Balaban J connectivity index is 1.69. The van der Waals surface area contributed by atoms with E-state index in [9.17, 15) is 4.79 Å². The normalized spacial score (nSPS) is 12.9. The Morgan fingerprint density at radius 3 is 2.90 bits per heavy atom. The summed E-state index contributed by atoms with van der Waals surface area (Å²) in [5, 5.41) is 7.71. The Hall–Kier alpha value is -2.83. The number of hydrazone groups is 1. The third kappa shape index (κ3) is 2.58. The van der Waals surface area contributed by atoms with Crippen molar-refractivity contribution in [3.8, 4) is 11.5 Å². The zero-order valence-electron chi connectivity index (χ0n) is 11.5. The average molecular weight is 287 g/mol. The summed E-state index contributed by atoms with van der Waals surface area (Å²) in [5.41, 5.74) is 4.35. The second-order valence-electron chi connectivity index (χ2n) is 4.51. The number of nitrogens with one attached hydrogen (secondary N) is 1. The van der Waals surface area contributed by atoms with Gasteiger partial charge in [0.1, 0.15) is 5.76 Å². The Labute approximate surface area is 120 Å². The van der Waals surface area contributed by atoms with Gasteiger partial charge in [0, 0.05) is 5.56 Å². The van der Waals surface area contributed by atoms with Gasteiger partial charge < -0.3 is 14.0 Å². The van der Waals surface area contributed by atoms with E-state index in [1.807, 2.05) is 0 Å². The molecule has 2 heterocycles. The first-order valence-corrected chi connectivity index (χ1v) is 6.31. The van der Waals surface area contributed by atoms with Gasteiger partial charge in [-0.1, -0.05) is 5.16 Å². The van der Waals surface area contributed by atoms with E-state index >= 15 is 0 Å². The highest BCUT2D eigenvalue weighted by Gasteiger charge is 2.16. The van der Waals surface area contributed by atoms with Crippen LogP contribution in [0, 0.1) is 13.8 Å². The number of amides is 1. The fourth-order valence-corrected chi connectivity index (χ4v) is 1.93. The van der Waals surface area contributed by atoms with E-state index in [1.165, 1.54) is 6.21 Å². The number of carbonyl (C=O) groups excluding carboxylic acids is 1. The first-order chi connectivity index (χ1) is 10.1. The molecule has 0 atom stereocenters. The molecule has 2 aromatic rings. The number of ether oxygens (including phenoxy) is 2. The monoisotopic (exact) mass is 287 g/mol. The van der Waals surface area contributed by atoms with Crippen LogP contribution in [0.4, 0.5) is 0 Å². The number of aryl methyl sites for hydroxylation is 2. The molecule has 1 aromatic heterocycles. The fraction of sp³-hybridized carbons (Fsp3) is 0.214. The first kappa shape index (κ1) is 13.2. The first-order valence-electron chi connectivity index (χ1n) is 6.31. The van der Waals surface area contributed by atoms with Crippen molar-refractivity contribution < 1.29 is 18.8 Å². The third-order valence-electron chi connectivity index (χ3n) is 3.08. The molecule has 7 heteroatoms. The molecule has 108 valence electrons. The van der Waals surface area contributed by atoms with Crippen molar-refractivity contribution in [2.45, 2.75) is 13.8 Å². The Morgan fingerprint density at radius 2 is 2.14 bits per heavy atom. The molecule has 1 amide bonds. The minimum atomic E-state index is -0.337. The fourth-order valence-electron chi connectivity index (χ4n) is 1.93. The molecule has 0 unspecified atom stereocenters. The number of hydrogen-bond donors (Lipinski definition) is 1. The van der Waals surface area contributed by atoms with Crippen LogP contribution in [-0.4, -0.2) is 24.1 Å². The molecule has 1 aliphatic rings. The summed E-state index contributed by atoms with van der Waals surface area (Å²) in [6.45, 7) is 3.75. The van der Waals surface area contributed by atoms with Gasteiger partial charge in [-0.05, 0) is 32.0 Å². The molecule has 1 aromatic carbocycles. The topological polar surface area (TPSA) is 86.0 Å². The molecule has 0 radical (unpaired) electrons. The zero-order valence-corrected chi connectivity index (χ0v) is 11.5. The van der Waals surface area contributed by atoms with Crippen molar-refractivity contribution in [2.24, 2.45) is 5.10 Å². The molecule has 0 saturated heterocycles. The molecule has 0 bridgehead atoms. The lowest BCUT2D eigenvalue weighted by Gasteiger charge is -2.01. The van der Waals surface area contributed by atoms with Crippen molar-refractivity contribution in [1.29, 1.82) is 0 Å². The van der Waals surface area contributed by atoms with Crippen molar-refractivity contribution in [2.75, 3.05) is 6.79 Å². The lowest BCUT2D eigenvalue weighted by Crippen LogP contribution is -2.17. The number of rotatable bonds is 3. The van der Waals surface area contributed by atoms with Gasteiger partial charge in [0.05, 0.1) is 17.5 Å². The van der Waals surface area contributed by atoms with Gasteiger partial charge in [-0.3, -0.25) is 4.79 Å². The number of benzene rings is 1. The van der Waals surface area contributed by atoms with Crippen LogP contribution in [0.3, 0.4) is 0 Å². The predicted octanol–water partition coefficient (Wildman–Crippen LogP) is 1.78. The van der Waals surface area contributed by atoms with Gasteiger partial charge in [0.15, 0.2) is 11.5 Å². The molecular weight excluding hydrogens is 274 g/mol. The van der Waals surface area contributed by atoms with Crippen molar-refractivity contribution in [3.63, 3.8) is 0 Å². The van der Waals surface area contributed by atoms with Crippen LogP contribution in [0.1, 0.15) is 27.4 Å². The van der Waals surface area contributed by atoms with Crippen LogP contribution >= 0.6 is 0 Å². The van der Waals surface area contributed by atoms with Crippen molar-refractivity contribution >= 4 is 12.1 Å². The Bertz CT molecular complexity index is 702. The molecule has 0 fully saturated rings. The average Bonchev–Trinajstić information content (AvgIpc) is 3.07. The van der Waals surface area contributed by atoms with E-state index in [2.05, 4.69) is 15.7 Å². The molecular formula is C14H13N3O4. The van der Waals surface area contributed by atoms with E-state index < -0.39 is 0 Å². The maximum atomic E-state index is 12.0. The van der Waals surface area contributed by atoms with Crippen LogP contribution < -0.4 is 14.9 Å². The van der Waals surface area contributed by atoms with E-state index in [4.69, 9.17) is 14.0 Å². The number of nitrogens with zero attached hydrogens (tertiary/aromatic N) is 2. The lowest BCUT2D eigenvalue weighted by atomic mass is 10.2. The highest BCUT2D eigenvalue weighted by Crippen LogP contribution is 2.32. The summed E-state index contributed by atoms with van der Waals surface area (Å²) in [4.78, 5) is 12.0. The summed E-state index contributed by atoms with van der Waals surface area (Å²) in [6.07, 6.45) is 1.51. The van der Waals surface area contributed by atoms with Gasteiger partial charge in [0.25, 0.3) is 5.91 Å². The van der Waals surface area contributed by atoms with Gasteiger partial charge >= 0.3 is 0 Å². The molecule has 1 N–H and O–H groups in total. The summed E-state index contributed by atoms with van der Waals surface area (Å²) in [5.74, 6) is 1.49. The minimum absolute atomic E-state index is 0.171. The summed E-state index contributed by atoms with van der Waals surface area (Å²) < 4.78 is 15.4. The van der Waals surface area contributed by atoms with Crippen LogP contribution in [-0.2, 0) is 0 Å².